The number of halogens is 2. The van der Waals surface area contributed by atoms with E-state index >= 15 is 0 Å². The number of rotatable bonds is 7. The van der Waals surface area contributed by atoms with Gasteiger partial charge in [-0.05, 0) is 6.42 Å². The summed E-state index contributed by atoms with van der Waals surface area (Å²) in [5, 5.41) is 12.2. The van der Waals surface area contributed by atoms with Crippen LogP contribution in [0.15, 0.2) is 0 Å². The predicted octanol–water partition coefficient (Wildman–Crippen LogP) is 4.19. The van der Waals surface area contributed by atoms with Gasteiger partial charge in [0, 0.05) is 28.3 Å². The van der Waals surface area contributed by atoms with E-state index in [1.807, 2.05) is 6.92 Å². The van der Waals surface area contributed by atoms with Crippen LogP contribution >= 0.6 is 24.8 Å². The van der Waals surface area contributed by atoms with Crippen LogP contribution in [0.2, 0.25) is 0 Å². The second-order valence-corrected chi connectivity index (χ2v) is 3.10. The quantitative estimate of drug-likeness (QED) is 0.555. The summed E-state index contributed by atoms with van der Waals surface area (Å²) < 4.78 is 0. The molecule has 0 aliphatic heterocycles. The molecule has 0 saturated carbocycles. The topological polar surface area (TPSA) is 34.3 Å². The maximum atomic E-state index is 7.88. The maximum absolute atomic E-state index is 7.88. The normalized spacial score (nSPS) is 7.50. The van der Waals surface area contributed by atoms with Crippen LogP contribution in [0.25, 0.3) is 5.32 Å². The van der Waals surface area contributed by atoms with Gasteiger partial charge in [0.25, 0.3) is 0 Å². The van der Waals surface area contributed by atoms with Gasteiger partial charge in [0.05, 0.1) is 0 Å². The Morgan fingerprint density at radius 2 is 1.12 bits per heavy atom. The van der Waals surface area contributed by atoms with E-state index in [4.69, 9.17) is 5.11 Å². The summed E-state index contributed by atoms with van der Waals surface area (Å²) in [5.41, 5.74) is 0. The molecule has 0 aromatic rings. The molecule has 0 atom stereocenters. The monoisotopic (exact) mass is 308 g/mol. The Kier molecular flexibility index (Phi) is 68.2. The third-order valence-corrected chi connectivity index (χ3v) is 1.56. The van der Waals surface area contributed by atoms with Gasteiger partial charge in [0.2, 0.25) is 0 Å². The Hall–Kier alpha value is 1.21. The van der Waals surface area contributed by atoms with Gasteiger partial charge in [-0.2, -0.15) is 0 Å². The van der Waals surface area contributed by atoms with Crippen molar-refractivity contribution in [1.82, 2.24) is 0 Å². The van der Waals surface area contributed by atoms with Crippen molar-refractivity contribution in [3.05, 3.63) is 5.32 Å². The summed E-state index contributed by atoms with van der Waals surface area (Å²) in [7, 11) is 0. The minimum absolute atomic E-state index is 0. The molecule has 0 fully saturated rings. The van der Waals surface area contributed by atoms with Crippen LogP contribution < -0.4 is 0 Å². The van der Waals surface area contributed by atoms with Crippen LogP contribution in [0.3, 0.4) is 0 Å². The van der Waals surface area contributed by atoms with E-state index in [2.05, 4.69) is 19.2 Å². The summed E-state index contributed by atoms with van der Waals surface area (Å²) in [5.74, 6) is 0. The molecule has 16 heavy (non-hydrogen) atoms. The number of hydrogen-bond acceptors (Lipinski definition) is 1. The van der Waals surface area contributed by atoms with Crippen molar-refractivity contribution in [3.63, 3.8) is 0 Å². The molecule has 5 heteroatoms. The van der Waals surface area contributed by atoms with Crippen LogP contribution in [0.1, 0.15) is 52.9 Å². The molecular formula is C11H28Cl2NOTi-. The zero-order valence-electron chi connectivity index (χ0n) is 10.9. The minimum Gasteiger partial charge on any atom is -0.662 e. The summed E-state index contributed by atoms with van der Waals surface area (Å²) in [6.45, 7) is 8.82. The third-order valence-electron chi connectivity index (χ3n) is 1.56. The molecule has 0 aliphatic rings. The molecule has 1 N–H and O–H groups in total. The molecule has 0 aliphatic carbocycles. The molecule has 0 amide bonds. The van der Waals surface area contributed by atoms with E-state index < -0.39 is 0 Å². The van der Waals surface area contributed by atoms with Crippen LogP contribution in [-0.2, 0) is 21.7 Å². The Balaban J connectivity index is -0.0000000511. The number of hydrogen-bond donors (Lipinski definition) is 1. The molecule has 0 aromatic heterocycles. The van der Waals surface area contributed by atoms with Crippen molar-refractivity contribution in [2.24, 2.45) is 0 Å². The molecule has 0 aromatic carbocycles. The SMILES string of the molecule is CCCC[N-]CCCC.CCCO.Cl.Cl.[Ti]. The maximum Gasteiger partial charge on any atom is 0.0428 e. The average Bonchev–Trinajstić information content (AvgIpc) is 2.18. The molecule has 2 nitrogen and oxygen atoms in total. The Bertz CT molecular complexity index is 73.0. The molecule has 0 bridgehead atoms. The second-order valence-electron chi connectivity index (χ2n) is 3.10. The van der Waals surface area contributed by atoms with Crippen LogP contribution in [0.5, 0.6) is 0 Å². The van der Waals surface area contributed by atoms with E-state index in [0.717, 1.165) is 19.5 Å². The van der Waals surface area contributed by atoms with Crippen molar-refractivity contribution < 1.29 is 26.8 Å². The molecule has 0 saturated heterocycles. The summed E-state index contributed by atoms with van der Waals surface area (Å²) in [6, 6.07) is 0. The molecule has 102 valence electrons. The van der Waals surface area contributed by atoms with Gasteiger partial charge in [-0.25, -0.2) is 0 Å². The predicted molar refractivity (Wildman–Crippen MR) is 74.8 cm³/mol. The molecule has 0 heterocycles. The number of aliphatic hydroxyl groups excluding tert-OH is 1. The summed E-state index contributed by atoms with van der Waals surface area (Å²) >= 11 is 0. The molecule has 0 radical (unpaired) electrons. The summed E-state index contributed by atoms with van der Waals surface area (Å²) in [6.07, 6.45) is 5.96. The van der Waals surface area contributed by atoms with Crippen LogP contribution in [0.4, 0.5) is 0 Å². The fourth-order valence-electron chi connectivity index (χ4n) is 0.652. The van der Waals surface area contributed by atoms with Crippen molar-refractivity contribution in [3.8, 4) is 0 Å². The van der Waals surface area contributed by atoms with Gasteiger partial charge in [0.15, 0.2) is 0 Å². The molecule has 0 rings (SSSR count). The standard InChI is InChI=1S/C8H18N.C3H8O.2ClH.Ti/c1-3-5-7-9-8-6-4-2;1-2-3-4;;;/h3-8H2,1-2H3;4H,2-3H2,1H3;2*1H;/q-1;;;;. The van der Waals surface area contributed by atoms with Crippen LogP contribution in [0, 0.1) is 0 Å². The van der Waals surface area contributed by atoms with Gasteiger partial charge in [-0.15, -0.1) is 37.9 Å². The Morgan fingerprint density at radius 3 is 1.31 bits per heavy atom. The second kappa shape index (κ2) is 36.0. The van der Waals surface area contributed by atoms with Crippen molar-refractivity contribution in [1.29, 1.82) is 0 Å². The average molecular weight is 309 g/mol. The number of unbranched alkanes of at least 4 members (excludes halogenated alkanes) is 2. The fraction of sp³-hybridized carbons (Fsp3) is 1.00. The Morgan fingerprint density at radius 1 is 0.812 bits per heavy atom. The molecule has 0 spiro atoms. The van der Waals surface area contributed by atoms with E-state index in [1.54, 1.807) is 0 Å². The van der Waals surface area contributed by atoms with E-state index in [-0.39, 0.29) is 46.5 Å². The smallest absolute Gasteiger partial charge is 0.0428 e. The van der Waals surface area contributed by atoms with E-state index in [1.165, 1.54) is 25.7 Å². The zero-order chi connectivity index (χ0) is 10.4. The van der Waals surface area contributed by atoms with E-state index in [9.17, 15) is 0 Å². The minimum atomic E-state index is 0. The number of nitrogens with zero attached hydrogens (tertiary/aromatic N) is 1. The fourth-order valence-corrected chi connectivity index (χ4v) is 0.652. The zero-order valence-corrected chi connectivity index (χ0v) is 14.1. The first-order valence-corrected chi connectivity index (χ1v) is 5.57. The van der Waals surface area contributed by atoms with Crippen LogP contribution in [-0.4, -0.2) is 24.8 Å². The first-order chi connectivity index (χ1) is 6.33. The van der Waals surface area contributed by atoms with Gasteiger partial charge >= 0.3 is 0 Å². The number of aliphatic hydroxyl groups is 1. The van der Waals surface area contributed by atoms with Gasteiger partial charge in [0.1, 0.15) is 0 Å². The first-order valence-electron chi connectivity index (χ1n) is 5.57. The first kappa shape index (κ1) is 30.3. The largest absolute Gasteiger partial charge is 0.662 e. The van der Waals surface area contributed by atoms with Gasteiger partial charge in [-0.1, -0.05) is 46.5 Å². The van der Waals surface area contributed by atoms with Gasteiger partial charge in [-0.3, -0.25) is 0 Å². The van der Waals surface area contributed by atoms with E-state index in [0.29, 0.717) is 6.61 Å². The van der Waals surface area contributed by atoms with Crippen molar-refractivity contribution >= 4 is 24.8 Å². The summed E-state index contributed by atoms with van der Waals surface area (Å²) in [4.78, 5) is 0. The Labute approximate surface area is 129 Å². The van der Waals surface area contributed by atoms with Crippen molar-refractivity contribution in [2.75, 3.05) is 19.7 Å². The molecular weight excluding hydrogens is 281 g/mol. The molecule has 0 unspecified atom stereocenters. The van der Waals surface area contributed by atoms with Crippen molar-refractivity contribution in [2.45, 2.75) is 52.9 Å². The van der Waals surface area contributed by atoms with Gasteiger partial charge < -0.3 is 10.4 Å². The third kappa shape index (κ3) is 45.6.